The van der Waals surface area contributed by atoms with E-state index in [0.717, 1.165) is 16.8 Å². The molecule has 0 aromatic heterocycles. The quantitative estimate of drug-likeness (QED) is 0.778. The van der Waals surface area contributed by atoms with Gasteiger partial charge in [-0.2, -0.15) is 0 Å². The molecule has 1 aliphatic heterocycles. The van der Waals surface area contributed by atoms with E-state index in [4.69, 9.17) is 0 Å². The first-order valence-electron chi connectivity index (χ1n) is 5.35. The molecule has 16 heavy (non-hydrogen) atoms. The van der Waals surface area contributed by atoms with Crippen LogP contribution < -0.4 is 10.2 Å². The van der Waals surface area contributed by atoms with Gasteiger partial charge in [0.05, 0.1) is 19.1 Å². The van der Waals surface area contributed by atoms with Gasteiger partial charge in [0, 0.05) is 12.7 Å². The van der Waals surface area contributed by atoms with Crippen LogP contribution in [0.2, 0.25) is 0 Å². The Bertz CT molecular complexity index is 413. The summed E-state index contributed by atoms with van der Waals surface area (Å²) in [5.74, 6) is 0.122. The van der Waals surface area contributed by atoms with E-state index in [1.54, 1.807) is 11.9 Å². The van der Waals surface area contributed by atoms with Gasteiger partial charge in [-0.1, -0.05) is 12.1 Å². The lowest BCUT2D eigenvalue weighted by atomic mass is 10.0. The van der Waals surface area contributed by atoms with Gasteiger partial charge in [0.1, 0.15) is 0 Å². The molecule has 0 saturated heterocycles. The van der Waals surface area contributed by atoms with Gasteiger partial charge in [0.2, 0.25) is 5.91 Å². The molecule has 86 valence electrons. The van der Waals surface area contributed by atoms with E-state index >= 15 is 0 Å². The number of hydrogen-bond donors (Lipinski definition) is 2. The maximum Gasteiger partial charge on any atom is 0.231 e. The van der Waals surface area contributed by atoms with Crippen LogP contribution in [-0.4, -0.2) is 31.7 Å². The third-order valence-corrected chi connectivity index (χ3v) is 3.11. The van der Waals surface area contributed by atoms with Crippen molar-refractivity contribution in [1.82, 2.24) is 5.32 Å². The number of nitrogens with zero attached hydrogens (tertiary/aromatic N) is 1. The number of benzene rings is 1. The monoisotopic (exact) mass is 220 g/mol. The van der Waals surface area contributed by atoms with Crippen molar-refractivity contribution in [3.05, 3.63) is 29.3 Å². The second-order valence-electron chi connectivity index (χ2n) is 4.04. The number of carbonyl (C=O) groups is 1. The number of aliphatic hydroxyl groups excluding tert-OH is 1. The summed E-state index contributed by atoms with van der Waals surface area (Å²) in [5.41, 5.74) is 3.03. The highest BCUT2D eigenvalue weighted by Crippen LogP contribution is 2.29. The summed E-state index contributed by atoms with van der Waals surface area (Å²) >= 11 is 0. The number of rotatable bonds is 3. The zero-order valence-electron chi connectivity index (χ0n) is 9.53. The Hall–Kier alpha value is -1.39. The van der Waals surface area contributed by atoms with E-state index in [1.807, 2.05) is 25.2 Å². The van der Waals surface area contributed by atoms with Gasteiger partial charge in [-0.15, -0.1) is 0 Å². The minimum atomic E-state index is -0.0636. The third kappa shape index (κ3) is 1.70. The van der Waals surface area contributed by atoms with Gasteiger partial charge in [-0.3, -0.25) is 4.79 Å². The number of hydrogen-bond acceptors (Lipinski definition) is 3. The number of nitrogens with one attached hydrogen (secondary N) is 1. The summed E-state index contributed by atoms with van der Waals surface area (Å²) in [6, 6.07) is 5.82. The molecule has 1 aromatic carbocycles. The molecular formula is C12H16N2O2. The number of likely N-dealkylation sites (N-methyl/N-ethyl adjacent to an activating group) is 2. The fourth-order valence-electron chi connectivity index (χ4n) is 2.07. The van der Waals surface area contributed by atoms with E-state index in [0.29, 0.717) is 6.42 Å². The van der Waals surface area contributed by atoms with Crippen molar-refractivity contribution in [2.24, 2.45) is 0 Å². The molecular weight excluding hydrogens is 204 g/mol. The molecule has 1 aliphatic rings. The van der Waals surface area contributed by atoms with E-state index in [2.05, 4.69) is 5.32 Å². The summed E-state index contributed by atoms with van der Waals surface area (Å²) in [6.45, 7) is 0.0546. The molecule has 1 aromatic rings. The standard InChI is InChI=1S/C12H16N2O2/c1-13-10(7-15)8-3-4-11-9(5-8)6-12(16)14(11)2/h3-5,10,13,15H,6-7H2,1-2H3. The highest BCUT2D eigenvalue weighted by atomic mass is 16.3. The van der Waals surface area contributed by atoms with Crippen LogP contribution in [0.1, 0.15) is 17.2 Å². The SMILES string of the molecule is CNC(CO)c1ccc2c(c1)CC(=O)N2C. The van der Waals surface area contributed by atoms with Crippen LogP contribution in [0.4, 0.5) is 5.69 Å². The molecule has 1 heterocycles. The summed E-state index contributed by atoms with van der Waals surface area (Å²) < 4.78 is 0. The Labute approximate surface area is 94.9 Å². The molecule has 0 bridgehead atoms. The molecule has 0 saturated carbocycles. The molecule has 4 nitrogen and oxygen atoms in total. The Morgan fingerprint density at radius 2 is 2.31 bits per heavy atom. The van der Waals surface area contributed by atoms with Crippen molar-refractivity contribution in [2.45, 2.75) is 12.5 Å². The lowest BCUT2D eigenvalue weighted by molar-refractivity contribution is -0.117. The second-order valence-corrected chi connectivity index (χ2v) is 4.04. The van der Waals surface area contributed by atoms with Crippen molar-refractivity contribution in [3.8, 4) is 0 Å². The maximum atomic E-state index is 11.5. The zero-order chi connectivity index (χ0) is 11.7. The third-order valence-electron chi connectivity index (χ3n) is 3.11. The van der Waals surface area contributed by atoms with Gasteiger partial charge in [-0.25, -0.2) is 0 Å². The molecule has 0 fully saturated rings. The predicted octanol–water partition coefficient (Wildman–Crippen LogP) is 0.458. The first-order chi connectivity index (χ1) is 7.67. The normalized spacial score (nSPS) is 16.4. The van der Waals surface area contributed by atoms with E-state index in [9.17, 15) is 9.90 Å². The molecule has 1 unspecified atom stereocenters. The lowest BCUT2D eigenvalue weighted by Crippen LogP contribution is -2.21. The van der Waals surface area contributed by atoms with Gasteiger partial charge in [-0.05, 0) is 24.2 Å². The second kappa shape index (κ2) is 4.23. The van der Waals surface area contributed by atoms with Crippen LogP contribution in [0.25, 0.3) is 0 Å². The first-order valence-corrected chi connectivity index (χ1v) is 5.35. The number of aliphatic hydroxyl groups is 1. The van der Waals surface area contributed by atoms with Crippen molar-refractivity contribution in [3.63, 3.8) is 0 Å². The molecule has 0 aliphatic carbocycles. The number of amides is 1. The van der Waals surface area contributed by atoms with Gasteiger partial charge in [0.25, 0.3) is 0 Å². The molecule has 0 radical (unpaired) electrons. The topological polar surface area (TPSA) is 52.6 Å². The maximum absolute atomic E-state index is 11.5. The Morgan fingerprint density at radius 3 is 2.94 bits per heavy atom. The predicted molar refractivity (Wildman–Crippen MR) is 62.4 cm³/mol. The minimum absolute atomic E-state index is 0.0546. The smallest absolute Gasteiger partial charge is 0.231 e. The number of anilines is 1. The molecule has 2 N–H and O–H groups in total. The van der Waals surface area contributed by atoms with Crippen LogP contribution >= 0.6 is 0 Å². The van der Waals surface area contributed by atoms with Crippen molar-refractivity contribution < 1.29 is 9.90 Å². The lowest BCUT2D eigenvalue weighted by Gasteiger charge is -2.15. The average molecular weight is 220 g/mol. The summed E-state index contributed by atoms with van der Waals surface area (Å²) in [4.78, 5) is 13.2. The van der Waals surface area contributed by atoms with Crippen LogP contribution in [0.3, 0.4) is 0 Å². The summed E-state index contributed by atoms with van der Waals surface area (Å²) in [6.07, 6.45) is 0.460. The Morgan fingerprint density at radius 1 is 1.56 bits per heavy atom. The van der Waals surface area contributed by atoms with Crippen molar-refractivity contribution in [1.29, 1.82) is 0 Å². The fourth-order valence-corrected chi connectivity index (χ4v) is 2.07. The Kier molecular flexibility index (Phi) is 2.94. The first kappa shape index (κ1) is 11.1. The van der Waals surface area contributed by atoms with E-state index in [-0.39, 0.29) is 18.6 Å². The highest BCUT2D eigenvalue weighted by Gasteiger charge is 2.24. The van der Waals surface area contributed by atoms with Gasteiger partial charge < -0.3 is 15.3 Å². The molecule has 0 spiro atoms. The van der Waals surface area contributed by atoms with Crippen LogP contribution in [0, 0.1) is 0 Å². The summed E-state index contributed by atoms with van der Waals surface area (Å²) in [7, 11) is 3.60. The number of fused-ring (bicyclic) bond motifs is 1. The molecule has 1 atom stereocenters. The Balaban J connectivity index is 2.35. The van der Waals surface area contributed by atoms with Gasteiger partial charge in [0.15, 0.2) is 0 Å². The van der Waals surface area contributed by atoms with E-state index < -0.39 is 0 Å². The molecule has 1 amide bonds. The summed E-state index contributed by atoms with van der Waals surface area (Å²) in [5, 5.41) is 12.2. The van der Waals surface area contributed by atoms with Gasteiger partial charge >= 0.3 is 0 Å². The molecule has 4 heteroatoms. The van der Waals surface area contributed by atoms with Crippen LogP contribution in [0.15, 0.2) is 18.2 Å². The molecule has 2 rings (SSSR count). The largest absolute Gasteiger partial charge is 0.394 e. The fraction of sp³-hybridized carbons (Fsp3) is 0.417. The van der Waals surface area contributed by atoms with Crippen molar-refractivity contribution >= 4 is 11.6 Å². The van der Waals surface area contributed by atoms with E-state index in [1.165, 1.54) is 0 Å². The number of carbonyl (C=O) groups excluding carboxylic acids is 1. The average Bonchev–Trinajstić information content (AvgIpc) is 2.56. The zero-order valence-corrected chi connectivity index (χ0v) is 9.53. The minimum Gasteiger partial charge on any atom is -0.394 e. The van der Waals surface area contributed by atoms with Crippen LogP contribution in [-0.2, 0) is 11.2 Å². The van der Waals surface area contributed by atoms with Crippen molar-refractivity contribution in [2.75, 3.05) is 25.6 Å². The highest BCUT2D eigenvalue weighted by molar-refractivity contribution is 6.00. The van der Waals surface area contributed by atoms with Crippen LogP contribution in [0.5, 0.6) is 0 Å².